The molecular weight excluding hydrogens is 218 g/mol. The second kappa shape index (κ2) is 4.55. The fourth-order valence-electron chi connectivity index (χ4n) is 1.93. The van der Waals surface area contributed by atoms with E-state index in [1.807, 2.05) is 0 Å². The van der Waals surface area contributed by atoms with Crippen molar-refractivity contribution >= 4 is 23.1 Å². The topological polar surface area (TPSA) is 29.0 Å². The third-order valence-electron chi connectivity index (χ3n) is 2.62. The van der Waals surface area contributed by atoms with Crippen molar-refractivity contribution in [2.24, 2.45) is 5.92 Å². The average Bonchev–Trinajstić information content (AvgIpc) is 2.52. The third kappa shape index (κ3) is 2.43. The van der Waals surface area contributed by atoms with Crippen molar-refractivity contribution in [1.82, 2.24) is 14.5 Å². The lowest BCUT2D eigenvalue weighted by molar-refractivity contribution is 0.175. The first-order chi connectivity index (χ1) is 6.75. The minimum absolute atomic E-state index is 0.739. The zero-order valence-corrected chi connectivity index (χ0v) is 9.81. The van der Waals surface area contributed by atoms with Gasteiger partial charge in [-0.25, -0.2) is 0 Å². The predicted molar refractivity (Wildman–Crippen MR) is 58.6 cm³/mol. The molecule has 0 radical (unpaired) electrons. The lowest BCUT2D eigenvalue weighted by atomic mass is 10.0. The molecule has 5 heteroatoms. The Kier molecular flexibility index (Phi) is 3.36. The van der Waals surface area contributed by atoms with Crippen LogP contribution >= 0.6 is 23.1 Å². The number of rotatable bonds is 2. The summed E-state index contributed by atoms with van der Waals surface area (Å²) in [7, 11) is 0. The van der Waals surface area contributed by atoms with Gasteiger partial charge < -0.3 is 0 Å². The molecule has 0 amide bonds. The fraction of sp³-hybridized carbons (Fsp3) is 0.778. The molecule has 1 saturated heterocycles. The van der Waals surface area contributed by atoms with Gasteiger partial charge in [-0.3, -0.25) is 4.90 Å². The quantitative estimate of drug-likeness (QED) is 0.783. The van der Waals surface area contributed by atoms with Crippen molar-refractivity contribution < 1.29 is 0 Å². The van der Waals surface area contributed by atoms with Gasteiger partial charge >= 0.3 is 0 Å². The Labute approximate surface area is 93.2 Å². The predicted octanol–water partition coefficient (Wildman–Crippen LogP) is 2.42. The van der Waals surface area contributed by atoms with Crippen LogP contribution in [-0.2, 0) is 6.54 Å². The zero-order chi connectivity index (χ0) is 9.97. The molecule has 1 aliphatic heterocycles. The number of hydrogen-bond acceptors (Lipinski definition) is 4. The van der Waals surface area contributed by atoms with Gasteiger partial charge in [0.2, 0.25) is 0 Å². The summed E-state index contributed by atoms with van der Waals surface area (Å²) in [6.45, 7) is 5.48. The van der Waals surface area contributed by atoms with E-state index in [1.54, 1.807) is 0 Å². The highest BCUT2D eigenvalue weighted by molar-refractivity contribution is 7.10. The van der Waals surface area contributed by atoms with Crippen molar-refractivity contribution in [3.63, 3.8) is 0 Å². The summed E-state index contributed by atoms with van der Waals surface area (Å²) in [6.07, 6.45) is 2.63. The van der Waals surface area contributed by atoms with E-state index in [1.165, 1.54) is 24.4 Å². The standard InChI is InChI=1S/C9H14ClN3S/c1-7-3-2-4-13(5-7)6-8-9(10)14-12-11-8/h7H,2-6H2,1H3/t7-/m0/s1. The molecule has 0 saturated carbocycles. The van der Waals surface area contributed by atoms with Crippen molar-refractivity contribution in [3.05, 3.63) is 10.0 Å². The van der Waals surface area contributed by atoms with Crippen LogP contribution in [0.2, 0.25) is 4.34 Å². The van der Waals surface area contributed by atoms with Gasteiger partial charge in [-0.2, -0.15) is 0 Å². The van der Waals surface area contributed by atoms with Crippen LogP contribution in [-0.4, -0.2) is 27.6 Å². The van der Waals surface area contributed by atoms with Gasteiger partial charge in [0.25, 0.3) is 0 Å². The van der Waals surface area contributed by atoms with Gasteiger partial charge in [0, 0.05) is 24.6 Å². The molecule has 1 atom stereocenters. The number of halogens is 1. The first-order valence-corrected chi connectivity index (χ1v) is 6.10. The van der Waals surface area contributed by atoms with Gasteiger partial charge in [-0.15, -0.1) is 5.10 Å². The third-order valence-corrected chi connectivity index (χ3v) is 3.61. The first-order valence-electron chi connectivity index (χ1n) is 4.95. The largest absolute Gasteiger partial charge is 0.297 e. The normalized spacial score (nSPS) is 24.0. The Morgan fingerprint density at radius 3 is 3.14 bits per heavy atom. The van der Waals surface area contributed by atoms with E-state index in [0.29, 0.717) is 0 Å². The van der Waals surface area contributed by atoms with Crippen molar-refractivity contribution in [2.45, 2.75) is 26.3 Å². The van der Waals surface area contributed by atoms with Crippen molar-refractivity contribution in [2.75, 3.05) is 13.1 Å². The summed E-state index contributed by atoms with van der Waals surface area (Å²) in [4.78, 5) is 2.41. The fourth-order valence-corrected chi connectivity index (χ4v) is 2.55. The summed E-state index contributed by atoms with van der Waals surface area (Å²) in [6, 6.07) is 0. The monoisotopic (exact) mass is 231 g/mol. The Balaban J connectivity index is 1.94. The number of likely N-dealkylation sites (tertiary alicyclic amines) is 1. The molecule has 0 unspecified atom stereocenters. The van der Waals surface area contributed by atoms with Gasteiger partial charge in [-0.05, 0) is 25.3 Å². The number of nitrogens with zero attached hydrogens (tertiary/aromatic N) is 3. The van der Waals surface area contributed by atoms with Gasteiger partial charge in [0.15, 0.2) is 0 Å². The summed E-state index contributed by atoms with van der Waals surface area (Å²) < 4.78 is 4.58. The van der Waals surface area contributed by atoms with E-state index in [0.717, 1.165) is 35.6 Å². The molecule has 1 fully saturated rings. The molecule has 0 spiro atoms. The van der Waals surface area contributed by atoms with Gasteiger partial charge in [-0.1, -0.05) is 23.0 Å². The molecular formula is C9H14ClN3S. The van der Waals surface area contributed by atoms with E-state index in [2.05, 4.69) is 21.4 Å². The van der Waals surface area contributed by atoms with E-state index in [9.17, 15) is 0 Å². The van der Waals surface area contributed by atoms with Crippen molar-refractivity contribution in [3.8, 4) is 0 Å². The van der Waals surface area contributed by atoms with Crippen LogP contribution in [0.1, 0.15) is 25.5 Å². The highest BCUT2D eigenvalue weighted by atomic mass is 35.5. The van der Waals surface area contributed by atoms with Crippen LogP contribution in [0.3, 0.4) is 0 Å². The number of aromatic nitrogens is 2. The minimum atomic E-state index is 0.739. The average molecular weight is 232 g/mol. The Morgan fingerprint density at radius 1 is 1.64 bits per heavy atom. The Morgan fingerprint density at radius 2 is 2.50 bits per heavy atom. The van der Waals surface area contributed by atoms with Gasteiger partial charge in [0.1, 0.15) is 10.0 Å². The molecule has 2 heterocycles. The van der Waals surface area contributed by atoms with Gasteiger partial charge in [0.05, 0.1) is 0 Å². The zero-order valence-electron chi connectivity index (χ0n) is 8.24. The van der Waals surface area contributed by atoms with E-state index in [4.69, 9.17) is 11.6 Å². The van der Waals surface area contributed by atoms with Crippen LogP contribution < -0.4 is 0 Å². The summed E-state index contributed by atoms with van der Waals surface area (Å²) in [5.41, 5.74) is 0.936. The molecule has 78 valence electrons. The number of hydrogen-bond donors (Lipinski definition) is 0. The highest BCUT2D eigenvalue weighted by Gasteiger charge is 2.18. The summed E-state index contributed by atoms with van der Waals surface area (Å²) in [5, 5.41) is 4.03. The maximum Gasteiger partial charge on any atom is 0.138 e. The van der Waals surface area contributed by atoms with E-state index < -0.39 is 0 Å². The van der Waals surface area contributed by atoms with Crippen LogP contribution in [0.4, 0.5) is 0 Å². The van der Waals surface area contributed by atoms with E-state index >= 15 is 0 Å². The van der Waals surface area contributed by atoms with Crippen LogP contribution in [0.5, 0.6) is 0 Å². The summed E-state index contributed by atoms with van der Waals surface area (Å²) >= 11 is 7.23. The molecule has 2 rings (SSSR count). The number of piperidine rings is 1. The molecule has 14 heavy (non-hydrogen) atoms. The molecule has 0 N–H and O–H groups in total. The molecule has 3 nitrogen and oxygen atoms in total. The molecule has 0 aromatic carbocycles. The highest BCUT2D eigenvalue weighted by Crippen LogP contribution is 2.22. The molecule has 0 bridgehead atoms. The second-order valence-corrected chi connectivity index (χ2v) is 5.33. The summed E-state index contributed by atoms with van der Waals surface area (Å²) in [5.74, 6) is 0.800. The molecule has 1 aromatic heterocycles. The maximum atomic E-state index is 5.96. The van der Waals surface area contributed by atoms with Crippen LogP contribution in [0.25, 0.3) is 0 Å². The second-order valence-electron chi connectivity index (χ2n) is 3.98. The molecule has 1 aromatic rings. The van der Waals surface area contributed by atoms with Crippen LogP contribution in [0.15, 0.2) is 0 Å². The Bertz CT molecular complexity index is 302. The molecule has 1 aliphatic rings. The lowest BCUT2D eigenvalue weighted by Gasteiger charge is -2.30. The molecule has 0 aliphatic carbocycles. The SMILES string of the molecule is C[C@H]1CCCN(Cc2nnsc2Cl)C1. The van der Waals surface area contributed by atoms with E-state index in [-0.39, 0.29) is 0 Å². The lowest BCUT2D eigenvalue weighted by Crippen LogP contribution is -2.33. The van der Waals surface area contributed by atoms with Crippen LogP contribution in [0, 0.1) is 5.92 Å². The Hall–Kier alpha value is -0.190. The minimum Gasteiger partial charge on any atom is -0.297 e. The van der Waals surface area contributed by atoms with Crippen molar-refractivity contribution in [1.29, 1.82) is 0 Å². The maximum absolute atomic E-state index is 5.96. The smallest absolute Gasteiger partial charge is 0.138 e. The first kappa shape index (κ1) is 10.3.